The fourth-order valence-electron chi connectivity index (χ4n) is 1.33. The van der Waals surface area contributed by atoms with Crippen LogP contribution >= 0.6 is 0 Å². The Kier molecular flexibility index (Phi) is 4.68. The molecule has 1 unspecified atom stereocenters. The minimum absolute atomic E-state index is 0.0303. The van der Waals surface area contributed by atoms with E-state index in [1.165, 1.54) is 12.1 Å². The summed E-state index contributed by atoms with van der Waals surface area (Å²) in [6, 6.07) is 6.28. The van der Waals surface area contributed by atoms with Gasteiger partial charge in [-0.15, -0.1) is 0 Å². The molecular weight excluding hydrogens is 240 g/mol. The van der Waals surface area contributed by atoms with Crippen LogP contribution in [0.1, 0.15) is 25.5 Å². The number of ether oxygens (including phenoxy) is 1. The minimum Gasteiger partial charge on any atom is -0.386 e. The zero-order valence-electron chi connectivity index (χ0n) is 10.3. The molecule has 0 radical (unpaired) electrons. The molecule has 1 N–H and O–H groups in total. The number of benzene rings is 1. The zero-order valence-corrected chi connectivity index (χ0v) is 11.1. The van der Waals surface area contributed by atoms with Crippen molar-refractivity contribution in [3.8, 4) is 0 Å². The third-order valence-corrected chi connectivity index (χ3v) is 3.37. The average Bonchev–Trinajstić information content (AvgIpc) is 2.25. The van der Waals surface area contributed by atoms with Gasteiger partial charge in [-0.05, 0) is 31.5 Å². The normalized spacial score (nSPS) is 13.9. The molecule has 17 heavy (non-hydrogen) atoms. The summed E-state index contributed by atoms with van der Waals surface area (Å²) >= 11 is 0. The fraction of sp³-hybridized carbons (Fsp3) is 0.500. The second-order valence-corrected chi connectivity index (χ2v) is 6.26. The predicted molar refractivity (Wildman–Crippen MR) is 65.6 cm³/mol. The van der Waals surface area contributed by atoms with Crippen LogP contribution < -0.4 is 0 Å². The number of aliphatic hydroxyl groups is 1. The molecule has 0 aliphatic rings. The van der Waals surface area contributed by atoms with Gasteiger partial charge in [-0.25, -0.2) is 8.42 Å². The Balaban J connectivity index is 2.85. The van der Waals surface area contributed by atoms with E-state index >= 15 is 0 Å². The SMILES string of the molecule is CC(C)OCC(O)c1cccc(S(C)(=O)=O)c1. The van der Waals surface area contributed by atoms with Crippen molar-refractivity contribution >= 4 is 9.84 Å². The molecule has 0 amide bonds. The highest BCUT2D eigenvalue weighted by molar-refractivity contribution is 7.90. The van der Waals surface area contributed by atoms with Crippen molar-refractivity contribution < 1.29 is 18.3 Å². The Hall–Kier alpha value is -0.910. The van der Waals surface area contributed by atoms with E-state index in [2.05, 4.69) is 0 Å². The van der Waals surface area contributed by atoms with Gasteiger partial charge in [-0.2, -0.15) is 0 Å². The van der Waals surface area contributed by atoms with Crippen LogP contribution in [0.2, 0.25) is 0 Å². The van der Waals surface area contributed by atoms with Gasteiger partial charge in [0.25, 0.3) is 0 Å². The molecule has 0 aliphatic carbocycles. The van der Waals surface area contributed by atoms with E-state index in [4.69, 9.17) is 4.74 Å². The monoisotopic (exact) mass is 258 g/mol. The number of sulfone groups is 1. The maximum Gasteiger partial charge on any atom is 0.175 e. The van der Waals surface area contributed by atoms with Gasteiger partial charge in [0.05, 0.1) is 17.6 Å². The number of hydrogen-bond donors (Lipinski definition) is 1. The molecule has 0 bridgehead atoms. The van der Waals surface area contributed by atoms with Crippen LogP contribution in [0, 0.1) is 0 Å². The lowest BCUT2D eigenvalue weighted by atomic mass is 10.1. The highest BCUT2D eigenvalue weighted by Gasteiger charge is 2.12. The van der Waals surface area contributed by atoms with E-state index in [0.717, 1.165) is 6.26 Å². The van der Waals surface area contributed by atoms with Crippen molar-refractivity contribution in [1.29, 1.82) is 0 Å². The van der Waals surface area contributed by atoms with Gasteiger partial charge in [-0.3, -0.25) is 0 Å². The Morgan fingerprint density at radius 3 is 2.53 bits per heavy atom. The summed E-state index contributed by atoms with van der Waals surface area (Å²) in [4.78, 5) is 0.207. The third kappa shape index (κ3) is 4.46. The third-order valence-electron chi connectivity index (χ3n) is 2.26. The van der Waals surface area contributed by atoms with Crippen molar-refractivity contribution in [2.75, 3.05) is 12.9 Å². The van der Waals surface area contributed by atoms with Crippen LogP contribution in [0.25, 0.3) is 0 Å². The standard InChI is InChI=1S/C12H18O4S/c1-9(2)16-8-12(13)10-5-4-6-11(7-10)17(3,14)15/h4-7,9,12-13H,8H2,1-3H3. The topological polar surface area (TPSA) is 63.6 Å². The summed E-state index contributed by atoms with van der Waals surface area (Å²) in [6.07, 6.45) is 0.366. The first-order chi connectivity index (χ1) is 7.80. The van der Waals surface area contributed by atoms with Crippen LogP contribution in [0.15, 0.2) is 29.2 Å². The van der Waals surface area contributed by atoms with Gasteiger partial charge >= 0.3 is 0 Å². The first-order valence-corrected chi connectivity index (χ1v) is 7.29. The maximum atomic E-state index is 11.4. The summed E-state index contributed by atoms with van der Waals surface area (Å²) < 4.78 is 28.0. The molecule has 0 aliphatic heterocycles. The predicted octanol–water partition coefficient (Wildman–Crippen LogP) is 1.55. The van der Waals surface area contributed by atoms with Gasteiger partial charge in [0.2, 0.25) is 0 Å². The van der Waals surface area contributed by atoms with Gasteiger partial charge in [0.15, 0.2) is 9.84 Å². The first kappa shape index (κ1) is 14.2. The van der Waals surface area contributed by atoms with Crippen molar-refractivity contribution in [2.45, 2.75) is 31.0 Å². The molecule has 1 rings (SSSR count). The fourth-order valence-corrected chi connectivity index (χ4v) is 2.01. The highest BCUT2D eigenvalue weighted by atomic mass is 32.2. The van der Waals surface area contributed by atoms with Crippen LogP contribution in [0.3, 0.4) is 0 Å². The molecule has 0 saturated heterocycles. The van der Waals surface area contributed by atoms with E-state index < -0.39 is 15.9 Å². The molecule has 4 nitrogen and oxygen atoms in total. The van der Waals surface area contributed by atoms with Gasteiger partial charge in [0.1, 0.15) is 6.10 Å². The molecule has 0 saturated carbocycles. The highest BCUT2D eigenvalue weighted by Crippen LogP contribution is 2.18. The Morgan fingerprint density at radius 1 is 1.35 bits per heavy atom. The molecule has 5 heteroatoms. The van der Waals surface area contributed by atoms with E-state index in [-0.39, 0.29) is 17.6 Å². The van der Waals surface area contributed by atoms with Crippen LogP contribution in [0.4, 0.5) is 0 Å². The number of rotatable bonds is 5. The van der Waals surface area contributed by atoms with Crippen molar-refractivity contribution in [3.05, 3.63) is 29.8 Å². The van der Waals surface area contributed by atoms with Gasteiger partial charge < -0.3 is 9.84 Å². The van der Waals surface area contributed by atoms with Gasteiger partial charge in [0, 0.05) is 6.26 Å². The van der Waals surface area contributed by atoms with Crippen LogP contribution in [0.5, 0.6) is 0 Å². The summed E-state index contributed by atoms with van der Waals surface area (Å²) in [5, 5.41) is 9.84. The lowest BCUT2D eigenvalue weighted by molar-refractivity contribution is 0.00485. The zero-order chi connectivity index (χ0) is 13.1. The van der Waals surface area contributed by atoms with Crippen molar-refractivity contribution in [2.24, 2.45) is 0 Å². The second kappa shape index (κ2) is 5.62. The molecule has 0 heterocycles. The average molecular weight is 258 g/mol. The minimum atomic E-state index is -3.24. The molecule has 1 aromatic rings. The summed E-state index contributed by atoms with van der Waals surface area (Å²) in [7, 11) is -3.24. The molecular formula is C12H18O4S. The molecule has 1 atom stereocenters. The number of hydrogen-bond acceptors (Lipinski definition) is 4. The summed E-state index contributed by atoms with van der Waals surface area (Å²) in [5.41, 5.74) is 0.550. The van der Waals surface area contributed by atoms with Crippen molar-refractivity contribution in [1.82, 2.24) is 0 Å². The molecule has 0 fully saturated rings. The molecule has 1 aromatic carbocycles. The Labute approximate surface area is 102 Å². The molecule has 0 spiro atoms. The smallest absolute Gasteiger partial charge is 0.175 e. The van der Waals surface area contributed by atoms with Gasteiger partial charge in [-0.1, -0.05) is 12.1 Å². The largest absolute Gasteiger partial charge is 0.386 e. The van der Waals surface area contributed by atoms with Crippen LogP contribution in [-0.4, -0.2) is 32.5 Å². The maximum absolute atomic E-state index is 11.4. The van der Waals surface area contributed by atoms with E-state index in [9.17, 15) is 13.5 Å². The molecule has 0 aromatic heterocycles. The molecule has 96 valence electrons. The second-order valence-electron chi connectivity index (χ2n) is 4.24. The Bertz CT molecular complexity index is 465. The van der Waals surface area contributed by atoms with Crippen LogP contribution in [-0.2, 0) is 14.6 Å². The van der Waals surface area contributed by atoms with E-state index in [1.54, 1.807) is 12.1 Å². The number of aliphatic hydroxyl groups excluding tert-OH is 1. The quantitative estimate of drug-likeness (QED) is 0.870. The first-order valence-electron chi connectivity index (χ1n) is 5.40. The summed E-state index contributed by atoms with van der Waals surface area (Å²) in [5.74, 6) is 0. The van der Waals surface area contributed by atoms with Crippen molar-refractivity contribution in [3.63, 3.8) is 0 Å². The van der Waals surface area contributed by atoms with E-state index in [0.29, 0.717) is 5.56 Å². The van der Waals surface area contributed by atoms with E-state index in [1.807, 2.05) is 13.8 Å². The summed E-state index contributed by atoms with van der Waals surface area (Å²) in [6.45, 7) is 3.91. The lowest BCUT2D eigenvalue weighted by Gasteiger charge is -2.14. The lowest BCUT2D eigenvalue weighted by Crippen LogP contribution is -2.12. The Morgan fingerprint density at radius 2 is 2.00 bits per heavy atom.